The number of benzene rings is 2. The minimum Gasteiger partial charge on any atom is -0.332 e. The van der Waals surface area contributed by atoms with E-state index in [1.54, 1.807) is 29.2 Å². The fourth-order valence-electron chi connectivity index (χ4n) is 3.94. The number of rotatable bonds is 2. The number of amides is 3. The van der Waals surface area contributed by atoms with Gasteiger partial charge < -0.3 is 15.1 Å². The predicted octanol–water partition coefficient (Wildman–Crippen LogP) is 2.23. The van der Waals surface area contributed by atoms with Gasteiger partial charge in [-0.25, -0.2) is 0 Å². The van der Waals surface area contributed by atoms with Crippen LogP contribution in [-0.4, -0.2) is 47.2 Å². The van der Waals surface area contributed by atoms with Crippen LogP contribution in [0.1, 0.15) is 34.5 Å². The SMILES string of the molecule is CC(=O)Nc1cccc(C(=O)N2CC(=O)N3CCc4ccccc4C3C2)c1. The molecule has 0 bridgehead atoms. The molecule has 0 aromatic heterocycles. The maximum absolute atomic E-state index is 13.0. The Kier molecular flexibility index (Phi) is 4.39. The molecule has 0 aliphatic carbocycles. The molecule has 1 N–H and O–H groups in total. The summed E-state index contributed by atoms with van der Waals surface area (Å²) in [5.41, 5.74) is 3.41. The van der Waals surface area contributed by atoms with Crippen molar-refractivity contribution in [3.8, 4) is 0 Å². The second kappa shape index (κ2) is 6.87. The van der Waals surface area contributed by atoms with Gasteiger partial charge in [0.2, 0.25) is 11.8 Å². The summed E-state index contributed by atoms with van der Waals surface area (Å²) < 4.78 is 0. The number of fused-ring (bicyclic) bond motifs is 3. The average molecular weight is 363 g/mol. The zero-order valence-electron chi connectivity index (χ0n) is 15.1. The Balaban J connectivity index is 1.60. The van der Waals surface area contributed by atoms with Crippen molar-refractivity contribution in [3.05, 3.63) is 65.2 Å². The number of nitrogens with one attached hydrogen (secondary N) is 1. The minimum atomic E-state index is -0.196. The Morgan fingerprint density at radius 3 is 2.74 bits per heavy atom. The highest BCUT2D eigenvalue weighted by Gasteiger charge is 2.38. The van der Waals surface area contributed by atoms with Crippen LogP contribution in [0.15, 0.2) is 48.5 Å². The summed E-state index contributed by atoms with van der Waals surface area (Å²) in [5.74, 6) is -0.410. The fraction of sp³-hybridized carbons (Fsp3) is 0.286. The molecule has 4 rings (SSSR count). The maximum atomic E-state index is 13.0. The lowest BCUT2D eigenvalue weighted by atomic mass is 9.90. The van der Waals surface area contributed by atoms with Gasteiger partial charge in [-0.15, -0.1) is 0 Å². The number of hydrogen-bond donors (Lipinski definition) is 1. The van der Waals surface area contributed by atoms with Crippen molar-refractivity contribution >= 4 is 23.4 Å². The molecule has 2 heterocycles. The number of hydrogen-bond acceptors (Lipinski definition) is 3. The summed E-state index contributed by atoms with van der Waals surface area (Å²) in [5, 5.41) is 2.69. The summed E-state index contributed by atoms with van der Waals surface area (Å²) in [6, 6.07) is 14.8. The van der Waals surface area contributed by atoms with Gasteiger partial charge in [-0.1, -0.05) is 30.3 Å². The number of carbonyl (C=O) groups excluding carboxylic acids is 3. The third-order valence-corrected chi connectivity index (χ3v) is 5.17. The van der Waals surface area contributed by atoms with Crippen LogP contribution in [0.25, 0.3) is 0 Å². The molecule has 2 aliphatic heterocycles. The number of anilines is 1. The summed E-state index contributed by atoms with van der Waals surface area (Å²) in [4.78, 5) is 40.4. The van der Waals surface area contributed by atoms with Crippen LogP contribution in [0.5, 0.6) is 0 Å². The summed E-state index contributed by atoms with van der Waals surface area (Å²) in [6.45, 7) is 2.68. The molecular formula is C21H21N3O3. The normalized spacial score (nSPS) is 18.6. The first kappa shape index (κ1) is 17.3. The molecule has 1 unspecified atom stereocenters. The van der Waals surface area contributed by atoms with E-state index in [9.17, 15) is 14.4 Å². The van der Waals surface area contributed by atoms with Gasteiger partial charge in [-0.3, -0.25) is 14.4 Å². The van der Waals surface area contributed by atoms with E-state index in [2.05, 4.69) is 11.4 Å². The first-order valence-electron chi connectivity index (χ1n) is 9.07. The van der Waals surface area contributed by atoms with Crippen LogP contribution in [0.4, 0.5) is 5.69 Å². The molecule has 1 fully saturated rings. The molecule has 2 aliphatic rings. The minimum absolute atomic E-state index is 0.0212. The summed E-state index contributed by atoms with van der Waals surface area (Å²) in [6.07, 6.45) is 0.852. The van der Waals surface area contributed by atoms with E-state index in [1.807, 2.05) is 23.1 Å². The fourth-order valence-corrected chi connectivity index (χ4v) is 3.94. The Labute approximate surface area is 157 Å². The van der Waals surface area contributed by atoms with Gasteiger partial charge >= 0.3 is 0 Å². The topological polar surface area (TPSA) is 69.7 Å². The highest BCUT2D eigenvalue weighted by Crippen LogP contribution is 2.33. The zero-order chi connectivity index (χ0) is 19.0. The molecule has 6 heteroatoms. The average Bonchev–Trinajstić information content (AvgIpc) is 2.67. The van der Waals surface area contributed by atoms with E-state index in [0.29, 0.717) is 24.3 Å². The molecular weight excluding hydrogens is 342 g/mol. The third kappa shape index (κ3) is 3.30. The van der Waals surface area contributed by atoms with Gasteiger partial charge in [0.25, 0.3) is 5.91 Å². The van der Waals surface area contributed by atoms with Crippen LogP contribution < -0.4 is 5.32 Å². The molecule has 1 saturated heterocycles. The van der Waals surface area contributed by atoms with Crippen molar-refractivity contribution in [3.63, 3.8) is 0 Å². The molecule has 27 heavy (non-hydrogen) atoms. The molecule has 0 spiro atoms. The lowest BCUT2D eigenvalue weighted by Gasteiger charge is -2.44. The summed E-state index contributed by atoms with van der Waals surface area (Å²) >= 11 is 0. The molecule has 6 nitrogen and oxygen atoms in total. The molecule has 138 valence electrons. The van der Waals surface area contributed by atoms with E-state index >= 15 is 0 Å². The first-order chi connectivity index (χ1) is 13.0. The van der Waals surface area contributed by atoms with Gasteiger partial charge in [-0.2, -0.15) is 0 Å². The lowest BCUT2D eigenvalue weighted by Crippen LogP contribution is -2.55. The lowest BCUT2D eigenvalue weighted by molar-refractivity contribution is -0.139. The largest absolute Gasteiger partial charge is 0.332 e. The van der Waals surface area contributed by atoms with E-state index in [-0.39, 0.29) is 30.3 Å². The highest BCUT2D eigenvalue weighted by molar-refractivity contribution is 5.99. The van der Waals surface area contributed by atoms with E-state index in [1.165, 1.54) is 12.5 Å². The maximum Gasteiger partial charge on any atom is 0.254 e. The van der Waals surface area contributed by atoms with Crippen LogP contribution in [0.3, 0.4) is 0 Å². The zero-order valence-corrected chi connectivity index (χ0v) is 15.1. The van der Waals surface area contributed by atoms with Crippen molar-refractivity contribution < 1.29 is 14.4 Å². The van der Waals surface area contributed by atoms with Crippen LogP contribution in [0, 0.1) is 0 Å². The Bertz CT molecular complexity index is 924. The van der Waals surface area contributed by atoms with Crippen molar-refractivity contribution in [1.82, 2.24) is 9.80 Å². The highest BCUT2D eigenvalue weighted by atomic mass is 16.2. The predicted molar refractivity (Wildman–Crippen MR) is 101 cm³/mol. The van der Waals surface area contributed by atoms with Gasteiger partial charge in [0.15, 0.2) is 0 Å². The van der Waals surface area contributed by atoms with E-state index in [0.717, 1.165) is 12.0 Å². The molecule has 0 radical (unpaired) electrons. The van der Waals surface area contributed by atoms with Gasteiger partial charge in [0, 0.05) is 31.3 Å². The van der Waals surface area contributed by atoms with E-state index in [4.69, 9.17) is 0 Å². The Hall–Kier alpha value is -3.15. The number of nitrogens with zero attached hydrogens (tertiary/aromatic N) is 2. The smallest absolute Gasteiger partial charge is 0.254 e. The van der Waals surface area contributed by atoms with Crippen molar-refractivity contribution in [1.29, 1.82) is 0 Å². The monoisotopic (exact) mass is 363 g/mol. The van der Waals surface area contributed by atoms with Crippen molar-refractivity contribution in [2.24, 2.45) is 0 Å². The third-order valence-electron chi connectivity index (χ3n) is 5.17. The molecule has 2 aromatic rings. The summed E-state index contributed by atoms with van der Waals surface area (Å²) in [7, 11) is 0. The Morgan fingerprint density at radius 2 is 1.93 bits per heavy atom. The quantitative estimate of drug-likeness (QED) is 0.890. The molecule has 2 aromatic carbocycles. The first-order valence-corrected chi connectivity index (χ1v) is 9.07. The molecule has 0 saturated carbocycles. The van der Waals surface area contributed by atoms with Crippen LogP contribution in [-0.2, 0) is 16.0 Å². The second-order valence-corrected chi connectivity index (χ2v) is 7.00. The van der Waals surface area contributed by atoms with Gasteiger partial charge in [0.1, 0.15) is 6.54 Å². The molecule has 1 atom stereocenters. The molecule has 3 amide bonds. The Morgan fingerprint density at radius 1 is 1.11 bits per heavy atom. The number of piperazine rings is 1. The van der Waals surface area contributed by atoms with Crippen LogP contribution in [0.2, 0.25) is 0 Å². The van der Waals surface area contributed by atoms with Crippen molar-refractivity contribution in [2.45, 2.75) is 19.4 Å². The van der Waals surface area contributed by atoms with E-state index < -0.39 is 0 Å². The van der Waals surface area contributed by atoms with Crippen molar-refractivity contribution in [2.75, 3.05) is 25.0 Å². The second-order valence-electron chi connectivity index (χ2n) is 7.00. The standard InChI is InChI=1S/C21H21N3O3/c1-14(25)22-17-7-4-6-16(11-17)21(27)23-12-19-18-8-3-2-5-15(18)9-10-24(19)20(26)13-23/h2-8,11,19H,9-10,12-13H2,1H3,(H,22,25). The van der Waals surface area contributed by atoms with Crippen LogP contribution >= 0.6 is 0 Å². The van der Waals surface area contributed by atoms with Gasteiger partial charge in [0.05, 0.1) is 6.04 Å². The van der Waals surface area contributed by atoms with Gasteiger partial charge in [-0.05, 0) is 35.7 Å². The number of carbonyl (C=O) groups is 3.